The third-order valence-corrected chi connectivity index (χ3v) is 2.51. The summed E-state index contributed by atoms with van der Waals surface area (Å²) in [4.78, 5) is 8.45. The fourth-order valence-electron chi connectivity index (χ4n) is 1.44. The molecule has 0 aliphatic rings. The van der Waals surface area contributed by atoms with Gasteiger partial charge in [-0.25, -0.2) is 4.98 Å². The van der Waals surface area contributed by atoms with E-state index in [1.165, 1.54) is 6.20 Å². The topological polar surface area (TPSA) is 77.8 Å². The summed E-state index contributed by atoms with van der Waals surface area (Å²) in [5, 5.41) is 0.442. The first-order valence-corrected chi connectivity index (χ1v) is 5.16. The maximum atomic E-state index is 5.82. The van der Waals surface area contributed by atoms with Crippen molar-refractivity contribution in [3.05, 3.63) is 41.3 Å². The second kappa shape index (κ2) is 4.47. The van der Waals surface area contributed by atoms with Crippen molar-refractivity contribution in [1.29, 1.82) is 0 Å². The highest BCUT2D eigenvalue weighted by molar-refractivity contribution is 6.29. The Kier molecular flexibility index (Phi) is 3.03. The maximum absolute atomic E-state index is 5.82. The van der Waals surface area contributed by atoms with E-state index in [2.05, 4.69) is 9.97 Å². The quantitative estimate of drug-likeness (QED) is 0.773. The molecule has 4 nitrogen and oxygen atoms in total. The summed E-state index contributed by atoms with van der Waals surface area (Å²) in [7, 11) is 0. The normalized spacial score (nSPS) is 12.0. The first-order chi connectivity index (χ1) is 7.74. The minimum Gasteiger partial charge on any atom is -0.404 e. The van der Waals surface area contributed by atoms with Crippen molar-refractivity contribution in [3.63, 3.8) is 0 Å². The van der Waals surface area contributed by atoms with Gasteiger partial charge in [0.1, 0.15) is 5.15 Å². The Hall–Kier alpha value is -1.65. The second-order valence-corrected chi connectivity index (χ2v) is 3.68. The number of nitrogens with two attached hydrogens (primary N) is 2. The molecular weight excluding hydrogens is 224 g/mol. The predicted octanol–water partition coefficient (Wildman–Crippen LogP) is 1.54. The van der Waals surface area contributed by atoms with Crippen molar-refractivity contribution >= 4 is 28.2 Å². The van der Waals surface area contributed by atoms with E-state index in [4.69, 9.17) is 23.1 Å². The Morgan fingerprint density at radius 2 is 2.19 bits per heavy atom. The molecule has 0 saturated carbocycles. The Morgan fingerprint density at radius 1 is 1.38 bits per heavy atom. The van der Waals surface area contributed by atoms with Crippen molar-refractivity contribution < 1.29 is 0 Å². The number of hydrogen-bond donors (Lipinski definition) is 2. The van der Waals surface area contributed by atoms with E-state index >= 15 is 0 Å². The van der Waals surface area contributed by atoms with Crippen LogP contribution in [-0.4, -0.2) is 16.5 Å². The van der Waals surface area contributed by atoms with E-state index in [1.807, 2.05) is 12.1 Å². The number of hydrogen-bond acceptors (Lipinski definition) is 4. The van der Waals surface area contributed by atoms with Crippen molar-refractivity contribution in [1.82, 2.24) is 9.97 Å². The molecule has 0 fully saturated rings. The smallest absolute Gasteiger partial charge is 0.129 e. The van der Waals surface area contributed by atoms with Crippen LogP contribution >= 0.6 is 11.6 Å². The largest absolute Gasteiger partial charge is 0.404 e. The van der Waals surface area contributed by atoms with Crippen molar-refractivity contribution in [2.75, 3.05) is 6.54 Å². The zero-order valence-corrected chi connectivity index (χ0v) is 9.28. The molecule has 0 amide bonds. The Labute approximate surface area is 97.9 Å². The van der Waals surface area contributed by atoms with Gasteiger partial charge < -0.3 is 11.5 Å². The zero-order chi connectivity index (χ0) is 11.5. The van der Waals surface area contributed by atoms with Crippen LogP contribution in [0.15, 0.2) is 30.6 Å². The molecule has 5 heteroatoms. The number of rotatable bonds is 2. The lowest BCUT2D eigenvalue weighted by molar-refractivity contribution is 1.23. The lowest BCUT2D eigenvalue weighted by Crippen LogP contribution is -2.04. The Balaban J connectivity index is 2.58. The van der Waals surface area contributed by atoms with Crippen molar-refractivity contribution in [2.45, 2.75) is 0 Å². The molecule has 16 heavy (non-hydrogen) atoms. The molecule has 0 aromatic carbocycles. The monoisotopic (exact) mass is 234 g/mol. The fourth-order valence-corrected chi connectivity index (χ4v) is 1.59. The van der Waals surface area contributed by atoms with Crippen LogP contribution in [0.2, 0.25) is 5.15 Å². The van der Waals surface area contributed by atoms with E-state index in [1.54, 1.807) is 12.3 Å². The highest BCUT2D eigenvalue weighted by Crippen LogP contribution is 2.18. The first kappa shape index (κ1) is 10.9. The molecule has 2 heterocycles. The van der Waals surface area contributed by atoms with Crippen LogP contribution in [0, 0.1) is 0 Å². The van der Waals surface area contributed by atoms with Gasteiger partial charge in [0, 0.05) is 18.3 Å². The molecule has 0 bridgehead atoms. The first-order valence-electron chi connectivity index (χ1n) is 4.78. The maximum Gasteiger partial charge on any atom is 0.129 e. The van der Waals surface area contributed by atoms with Gasteiger partial charge >= 0.3 is 0 Å². The van der Waals surface area contributed by atoms with Crippen molar-refractivity contribution in [3.8, 4) is 0 Å². The van der Waals surface area contributed by atoms with Crippen LogP contribution in [0.1, 0.15) is 5.56 Å². The van der Waals surface area contributed by atoms with Crippen LogP contribution in [0.3, 0.4) is 0 Å². The molecule has 2 rings (SSSR count). The third-order valence-electron chi connectivity index (χ3n) is 2.30. The molecule has 0 radical (unpaired) electrons. The highest BCUT2D eigenvalue weighted by Gasteiger charge is 2.03. The number of aromatic nitrogens is 2. The van der Waals surface area contributed by atoms with Crippen molar-refractivity contribution in [2.24, 2.45) is 11.5 Å². The zero-order valence-electron chi connectivity index (χ0n) is 8.52. The summed E-state index contributed by atoms with van der Waals surface area (Å²) in [6.07, 6.45) is 3.21. The van der Waals surface area contributed by atoms with Crippen LogP contribution in [0.25, 0.3) is 16.6 Å². The highest BCUT2D eigenvalue weighted by atomic mass is 35.5. The lowest BCUT2D eigenvalue weighted by atomic mass is 10.1. The number of fused-ring (bicyclic) bond motifs is 1. The summed E-state index contributed by atoms with van der Waals surface area (Å²) in [5.41, 5.74) is 14.3. The molecular formula is C11H11ClN4. The summed E-state index contributed by atoms with van der Waals surface area (Å²) in [6, 6.07) is 5.40. The minimum atomic E-state index is 0.365. The molecule has 0 saturated heterocycles. The van der Waals surface area contributed by atoms with Crippen LogP contribution in [0.5, 0.6) is 0 Å². The van der Waals surface area contributed by atoms with Crippen LogP contribution in [-0.2, 0) is 0 Å². The lowest BCUT2D eigenvalue weighted by Gasteiger charge is -2.04. The molecule has 4 N–H and O–H groups in total. The molecule has 0 unspecified atom stereocenters. The summed E-state index contributed by atoms with van der Waals surface area (Å²) < 4.78 is 0. The van der Waals surface area contributed by atoms with E-state index in [9.17, 15) is 0 Å². The molecule has 82 valence electrons. The van der Waals surface area contributed by atoms with E-state index < -0.39 is 0 Å². The van der Waals surface area contributed by atoms with Gasteiger partial charge in [0.15, 0.2) is 0 Å². The summed E-state index contributed by atoms with van der Waals surface area (Å²) in [6.45, 7) is 0.365. The van der Waals surface area contributed by atoms with E-state index in [0.717, 1.165) is 22.2 Å². The van der Waals surface area contributed by atoms with E-state index in [-0.39, 0.29) is 0 Å². The fraction of sp³-hybridized carbons (Fsp3) is 0.0909. The van der Waals surface area contributed by atoms with Crippen LogP contribution in [0.4, 0.5) is 0 Å². The summed E-state index contributed by atoms with van der Waals surface area (Å²) >= 11 is 5.82. The number of nitrogens with zero attached hydrogens (tertiary/aromatic N) is 2. The molecule has 0 atom stereocenters. The minimum absolute atomic E-state index is 0.365. The van der Waals surface area contributed by atoms with Gasteiger partial charge in [-0.3, -0.25) is 4.98 Å². The molecule has 0 aliphatic carbocycles. The number of halogens is 1. The third kappa shape index (κ3) is 1.98. The van der Waals surface area contributed by atoms with Gasteiger partial charge in [0.25, 0.3) is 0 Å². The molecule has 0 aliphatic heterocycles. The average molecular weight is 235 g/mol. The van der Waals surface area contributed by atoms with Gasteiger partial charge in [-0.15, -0.1) is 0 Å². The summed E-state index contributed by atoms with van der Waals surface area (Å²) in [5.74, 6) is 0. The van der Waals surface area contributed by atoms with Gasteiger partial charge in [-0.1, -0.05) is 11.6 Å². The van der Waals surface area contributed by atoms with Gasteiger partial charge in [-0.05, 0) is 30.0 Å². The Bertz CT molecular complexity index is 551. The van der Waals surface area contributed by atoms with Gasteiger partial charge in [0.05, 0.1) is 11.0 Å². The average Bonchev–Trinajstić information content (AvgIpc) is 2.30. The second-order valence-electron chi connectivity index (χ2n) is 3.29. The SMILES string of the molecule is N/C=C(\CN)c1cnc2ccc(Cl)nc2c1. The number of pyridine rings is 2. The molecule has 2 aromatic rings. The standard InChI is InChI=1S/C11H11ClN4/c12-11-2-1-9-10(16-11)3-7(6-15-9)8(4-13)5-14/h1-4,6H,5,13-14H2/b8-4+. The molecule has 2 aromatic heterocycles. The van der Waals surface area contributed by atoms with Gasteiger partial charge in [0.2, 0.25) is 0 Å². The predicted molar refractivity (Wildman–Crippen MR) is 65.8 cm³/mol. The van der Waals surface area contributed by atoms with Crippen LogP contribution < -0.4 is 11.5 Å². The Morgan fingerprint density at radius 3 is 2.88 bits per heavy atom. The molecule has 0 spiro atoms. The van der Waals surface area contributed by atoms with Gasteiger partial charge in [-0.2, -0.15) is 0 Å². The van der Waals surface area contributed by atoms with E-state index in [0.29, 0.717) is 11.7 Å².